The fourth-order valence-electron chi connectivity index (χ4n) is 1.73. The van der Waals surface area contributed by atoms with Crippen LogP contribution in [0.1, 0.15) is 19.2 Å². The fraction of sp³-hybridized carbons (Fsp3) is 0.333. The summed E-state index contributed by atoms with van der Waals surface area (Å²) in [5.41, 5.74) is 6.03. The van der Waals surface area contributed by atoms with E-state index < -0.39 is 0 Å². The molecule has 2 rings (SSSR count). The van der Waals surface area contributed by atoms with E-state index in [0.29, 0.717) is 12.4 Å². The minimum absolute atomic E-state index is 0.0153. The first-order valence-electron chi connectivity index (χ1n) is 6.01. The van der Waals surface area contributed by atoms with Crippen LogP contribution in [0.2, 0.25) is 0 Å². The van der Waals surface area contributed by atoms with Crippen LogP contribution in [0.4, 0.5) is 0 Å². The SMILES string of the molecule is CC(CC(N)=O)NCc1nnnn1-c1ccccc1. The number of hydrogen-bond donors (Lipinski definition) is 2. The maximum atomic E-state index is 10.8. The molecule has 0 saturated heterocycles. The molecule has 7 heteroatoms. The van der Waals surface area contributed by atoms with Crippen LogP contribution >= 0.6 is 0 Å². The molecule has 0 aliphatic rings. The van der Waals surface area contributed by atoms with E-state index in [1.807, 2.05) is 37.3 Å². The largest absolute Gasteiger partial charge is 0.370 e. The molecule has 1 unspecified atom stereocenters. The van der Waals surface area contributed by atoms with Gasteiger partial charge >= 0.3 is 0 Å². The lowest BCUT2D eigenvalue weighted by Gasteiger charge is -2.11. The highest BCUT2D eigenvalue weighted by molar-refractivity contribution is 5.74. The first-order chi connectivity index (χ1) is 9.16. The second-order valence-corrected chi connectivity index (χ2v) is 4.29. The molecule has 1 atom stereocenters. The maximum absolute atomic E-state index is 10.8. The van der Waals surface area contributed by atoms with Gasteiger partial charge in [-0.3, -0.25) is 4.79 Å². The van der Waals surface area contributed by atoms with Crippen LogP contribution in [0.3, 0.4) is 0 Å². The van der Waals surface area contributed by atoms with Gasteiger partial charge in [0.25, 0.3) is 0 Å². The second kappa shape index (κ2) is 6.05. The molecule has 0 saturated carbocycles. The Bertz CT molecular complexity index is 538. The number of amides is 1. The zero-order valence-corrected chi connectivity index (χ0v) is 10.7. The average Bonchev–Trinajstić information content (AvgIpc) is 2.85. The number of primary amides is 1. The summed E-state index contributed by atoms with van der Waals surface area (Å²) >= 11 is 0. The van der Waals surface area contributed by atoms with Gasteiger partial charge in [0.2, 0.25) is 5.91 Å². The number of nitrogens with zero attached hydrogens (tertiary/aromatic N) is 4. The lowest BCUT2D eigenvalue weighted by atomic mass is 10.2. The summed E-state index contributed by atoms with van der Waals surface area (Å²) in [5, 5.41) is 14.7. The van der Waals surface area contributed by atoms with Crippen LogP contribution in [-0.2, 0) is 11.3 Å². The highest BCUT2D eigenvalue weighted by Crippen LogP contribution is 2.06. The van der Waals surface area contributed by atoms with Gasteiger partial charge in [0.05, 0.1) is 12.2 Å². The molecule has 7 nitrogen and oxygen atoms in total. The number of tetrazole rings is 1. The smallest absolute Gasteiger partial charge is 0.218 e. The van der Waals surface area contributed by atoms with E-state index in [1.165, 1.54) is 0 Å². The van der Waals surface area contributed by atoms with Crippen molar-refractivity contribution < 1.29 is 4.79 Å². The van der Waals surface area contributed by atoms with Crippen LogP contribution in [0, 0.1) is 0 Å². The summed E-state index contributed by atoms with van der Waals surface area (Å²) < 4.78 is 1.66. The summed E-state index contributed by atoms with van der Waals surface area (Å²) in [5.74, 6) is 0.352. The summed E-state index contributed by atoms with van der Waals surface area (Å²) in [6, 6.07) is 9.60. The monoisotopic (exact) mass is 260 g/mol. The number of para-hydroxylation sites is 1. The third kappa shape index (κ3) is 3.59. The highest BCUT2D eigenvalue weighted by Gasteiger charge is 2.10. The van der Waals surface area contributed by atoms with Crippen molar-refractivity contribution in [2.24, 2.45) is 5.73 Å². The Hall–Kier alpha value is -2.28. The van der Waals surface area contributed by atoms with Crippen LogP contribution in [0.15, 0.2) is 30.3 Å². The zero-order valence-electron chi connectivity index (χ0n) is 10.7. The van der Waals surface area contributed by atoms with Crippen molar-refractivity contribution in [2.45, 2.75) is 25.9 Å². The van der Waals surface area contributed by atoms with Crippen LogP contribution in [0.5, 0.6) is 0 Å². The Labute approximate surface area is 110 Å². The van der Waals surface area contributed by atoms with Crippen molar-refractivity contribution in [1.29, 1.82) is 0 Å². The number of aromatic nitrogens is 4. The molecule has 1 heterocycles. The molecule has 0 spiro atoms. The molecule has 2 aromatic rings. The number of carbonyl (C=O) groups excluding carboxylic acids is 1. The predicted molar refractivity (Wildman–Crippen MR) is 69.3 cm³/mol. The molecule has 0 aliphatic heterocycles. The van der Waals surface area contributed by atoms with E-state index in [4.69, 9.17) is 5.73 Å². The maximum Gasteiger partial charge on any atom is 0.218 e. The van der Waals surface area contributed by atoms with Gasteiger partial charge in [-0.1, -0.05) is 18.2 Å². The van der Waals surface area contributed by atoms with Crippen molar-refractivity contribution in [2.75, 3.05) is 0 Å². The standard InChI is InChI=1S/C12H16N6O/c1-9(7-11(13)19)14-8-12-15-16-17-18(12)10-5-3-2-4-6-10/h2-6,9,14H,7-8H2,1H3,(H2,13,19). The van der Waals surface area contributed by atoms with Crippen molar-refractivity contribution in [3.8, 4) is 5.69 Å². The number of nitrogens with two attached hydrogens (primary N) is 1. The van der Waals surface area contributed by atoms with E-state index in [9.17, 15) is 4.79 Å². The fourth-order valence-corrected chi connectivity index (χ4v) is 1.73. The topological polar surface area (TPSA) is 98.7 Å². The van der Waals surface area contributed by atoms with E-state index in [-0.39, 0.29) is 18.4 Å². The molecule has 0 radical (unpaired) electrons. The van der Waals surface area contributed by atoms with E-state index >= 15 is 0 Å². The summed E-state index contributed by atoms with van der Waals surface area (Å²) in [7, 11) is 0. The summed E-state index contributed by atoms with van der Waals surface area (Å²) in [6.07, 6.45) is 0.285. The van der Waals surface area contributed by atoms with E-state index in [1.54, 1.807) is 4.68 Å². The van der Waals surface area contributed by atoms with Crippen molar-refractivity contribution in [3.05, 3.63) is 36.2 Å². The third-order valence-corrected chi connectivity index (χ3v) is 2.65. The molecule has 19 heavy (non-hydrogen) atoms. The first-order valence-corrected chi connectivity index (χ1v) is 6.01. The lowest BCUT2D eigenvalue weighted by Crippen LogP contribution is -2.31. The van der Waals surface area contributed by atoms with Crippen LogP contribution < -0.4 is 11.1 Å². The average molecular weight is 260 g/mol. The van der Waals surface area contributed by atoms with Crippen LogP contribution in [0.25, 0.3) is 5.69 Å². The van der Waals surface area contributed by atoms with Gasteiger partial charge in [-0.25, -0.2) is 0 Å². The second-order valence-electron chi connectivity index (χ2n) is 4.29. The molecule has 0 fully saturated rings. The lowest BCUT2D eigenvalue weighted by molar-refractivity contribution is -0.118. The van der Waals surface area contributed by atoms with Gasteiger partial charge in [-0.05, 0) is 29.5 Å². The summed E-state index contributed by atoms with van der Waals surface area (Å²) in [4.78, 5) is 10.8. The highest BCUT2D eigenvalue weighted by atomic mass is 16.1. The van der Waals surface area contributed by atoms with Gasteiger partial charge < -0.3 is 11.1 Å². The molecule has 100 valence electrons. The van der Waals surface area contributed by atoms with Crippen molar-refractivity contribution in [3.63, 3.8) is 0 Å². The number of nitrogens with one attached hydrogen (secondary N) is 1. The predicted octanol–water partition coefficient (Wildman–Crippen LogP) is 0.0158. The number of hydrogen-bond acceptors (Lipinski definition) is 5. The first kappa shape index (κ1) is 13.2. The molecule has 1 amide bonds. The van der Waals surface area contributed by atoms with Gasteiger partial charge in [0.1, 0.15) is 0 Å². The Kier molecular flexibility index (Phi) is 4.19. The number of carbonyl (C=O) groups is 1. The normalized spacial score (nSPS) is 12.3. The van der Waals surface area contributed by atoms with Crippen molar-refractivity contribution >= 4 is 5.91 Å². The van der Waals surface area contributed by atoms with E-state index in [0.717, 1.165) is 5.69 Å². The minimum Gasteiger partial charge on any atom is -0.370 e. The van der Waals surface area contributed by atoms with Gasteiger partial charge in [0, 0.05) is 12.5 Å². The molecular weight excluding hydrogens is 244 g/mol. The van der Waals surface area contributed by atoms with Gasteiger partial charge in [-0.15, -0.1) is 5.10 Å². The van der Waals surface area contributed by atoms with Gasteiger partial charge in [-0.2, -0.15) is 4.68 Å². The Morgan fingerprint density at radius 1 is 1.42 bits per heavy atom. The summed E-state index contributed by atoms with van der Waals surface area (Å²) in [6.45, 7) is 2.36. The molecule has 1 aromatic carbocycles. The Balaban J connectivity index is 2.03. The Morgan fingerprint density at radius 2 is 2.16 bits per heavy atom. The number of rotatable bonds is 6. The molecular formula is C12H16N6O. The van der Waals surface area contributed by atoms with Gasteiger partial charge in [0.15, 0.2) is 5.82 Å². The Morgan fingerprint density at radius 3 is 2.84 bits per heavy atom. The molecule has 0 bridgehead atoms. The third-order valence-electron chi connectivity index (χ3n) is 2.65. The quantitative estimate of drug-likeness (QED) is 0.762. The minimum atomic E-state index is -0.331. The zero-order chi connectivity index (χ0) is 13.7. The van der Waals surface area contributed by atoms with E-state index in [2.05, 4.69) is 20.8 Å². The van der Waals surface area contributed by atoms with Crippen LogP contribution in [-0.4, -0.2) is 32.2 Å². The number of benzene rings is 1. The molecule has 1 aromatic heterocycles. The molecule has 3 N–H and O–H groups in total. The van der Waals surface area contributed by atoms with Crippen molar-refractivity contribution in [1.82, 2.24) is 25.5 Å². The molecule has 0 aliphatic carbocycles.